The van der Waals surface area contributed by atoms with Gasteiger partial charge in [-0.25, -0.2) is 0 Å². The highest BCUT2D eigenvalue weighted by atomic mass is 32.1. The lowest BCUT2D eigenvalue weighted by atomic mass is 10.0. The molecule has 0 radical (unpaired) electrons. The molecule has 1 aromatic heterocycles. The van der Waals surface area contributed by atoms with Crippen LogP contribution in [0.3, 0.4) is 0 Å². The van der Waals surface area contributed by atoms with E-state index in [1.165, 1.54) is 4.88 Å². The molecule has 1 unspecified atom stereocenters. The van der Waals surface area contributed by atoms with E-state index in [-0.39, 0.29) is 6.04 Å². The van der Waals surface area contributed by atoms with Gasteiger partial charge in [-0.05, 0) is 36.4 Å². The molecule has 108 valence electrons. The molecule has 1 atom stereocenters. The van der Waals surface area contributed by atoms with Crippen LogP contribution in [0.1, 0.15) is 31.7 Å². The Morgan fingerprint density at radius 1 is 1.25 bits per heavy atom. The summed E-state index contributed by atoms with van der Waals surface area (Å²) in [4.78, 5) is 1.32. The van der Waals surface area contributed by atoms with E-state index in [9.17, 15) is 0 Å². The first-order chi connectivity index (χ1) is 9.63. The van der Waals surface area contributed by atoms with Crippen LogP contribution in [-0.4, -0.2) is 6.61 Å². The van der Waals surface area contributed by atoms with Gasteiger partial charge in [0.15, 0.2) is 0 Å². The second-order valence-electron chi connectivity index (χ2n) is 5.03. The molecule has 3 N–H and O–H groups in total. The Hall–Kier alpha value is -1.68. The van der Waals surface area contributed by atoms with E-state index in [1.807, 2.05) is 25.1 Å². The number of benzene rings is 1. The molecule has 4 heteroatoms. The van der Waals surface area contributed by atoms with Crippen molar-refractivity contribution in [1.82, 2.24) is 0 Å². The number of anilines is 2. The molecule has 0 spiro atoms. The standard InChI is InChI=1S/C16H22N2OS/c1-4-19-13-8-5-7-12(15(13)17)18-16(11(2)3)14-9-6-10-20-14/h5-11,16,18H,4,17H2,1-3H3. The van der Waals surface area contributed by atoms with E-state index in [4.69, 9.17) is 10.5 Å². The summed E-state index contributed by atoms with van der Waals surface area (Å²) in [6.07, 6.45) is 0. The minimum atomic E-state index is 0.258. The molecule has 0 aliphatic rings. The SMILES string of the molecule is CCOc1cccc(NC(c2cccs2)C(C)C)c1N. The van der Waals surface area contributed by atoms with Crippen molar-refractivity contribution in [3.63, 3.8) is 0 Å². The van der Waals surface area contributed by atoms with E-state index < -0.39 is 0 Å². The number of nitrogen functional groups attached to an aromatic ring is 1. The second-order valence-corrected chi connectivity index (χ2v) is 6.01. The van der Waals surface area contributed by atoms with Gasteiger partial charge in [-0.2, -0.15) is 0 Å². The number of nitrogens with one attached hydrogen (secondary N) is 1. The van der Waals surface area contributed by atoms with Gasteiger partial charge < -0.3 is 15.8 Å². The van der Waals surface area contributed by atoms with Crippen molar-refractivity contribution in [2.45, 2.75) is 26.8 Å². The number of hydrogen-bond donors (Lipinski definition) is 2. The van der Waals surface area contributed by atoms with Crippen LogP contribution in [0.5, 0.6) is 5.75 Å². The summed E-state index contributed by atoms with van der Waals surface area (Å²) in [7, 11) is 0. The predicted octanol–water partition coefficient (Wildman–Crippen LogP) is 4.54. The number of rotatable bonds is 6. The third-order valence-electron chi connectivity index (χ3n) is 3.19. The topological polar surface area (TPSA) is 47.3 Å². The molecule has 3 nitrogen and oxygen atoms in total. The van der Waals surface area contributed by atoms with Crippen LogP contribution in [-0.2, 0) is 0 Å². The first kappa shape index (κ1) is 14.7. The fraction of sp³-hybridized carbons (Fsp3) is 0.375. The Kier molecular flexibility index (Phi) is 4.90. The van der Waals surface area contributed by atoms with E-state index >= 15 is 0 Å². The average Bonchev–Trinajstić information content (AvgIpc) is 2.93. The van der Waals surface area contributed by atoms with Crippen LogP contribution >= 0.6 is 11.3 Å². The van der Waals surface area contributed by atoms with Crippen LogP contribution < -0.4 is 15.8 Å². The van der Waals surface area contributed by atoms with Gasteiger partial charge in [0.05, 0.1) is 24.0 Å². The largest absolute Gasteiger partial charge is 0.492 e. The van der Waals surface area contributed by atoms with E-state index in [2.05, 4.69) is 36.7 Å². The summed E-state index contributed by atoms with van der Waals surface area (Å²) in [6.45, 7) is 6.99. The van der Waals surface area contributed by atoms with Gasteiger partial charge in [0.1, 0.15) is 5.75 Å². The number of thiophene rings is 1. The van der Waals surface area contributed by atoms with Gasteiger partial charge in [-0.15, -0.1) is 11.3 Å². The Morgan fingerprint density at radius 3 is 2.65 bits per heavy atom. The smallest absolute Gasteiger partial charge is 0.144 e. The maximum Gasteiger partial charge on any atom is 0.144 e. The van der Waals surface area contributed by atoms with Crippen molar-refractivity contribution in [1.29, 1.82) is 0 Å². The van der Waals surface area contributed by atoms with Gasteiger partial charge in [0.25, 0.3) is 0 Å². The molecule has 1 heterocycles. The molecule has 0 aliphatic carbocycles. The third-order valence-corrected chi connectivity index (χ3v) is 4.15. The Bertz CT molecular complexity index is 537. The molecule has 2 rings (SSSR count). The lowest BCUT2D eigenvalue weighted by Crippen LogP contribution is -2.16. The molecule has 1 aromatic carbocycles. The normalized spacial score (nSPS) is 12.4. The van der Waals surface area contributed by atoms with Gasteiger partial charge >= 0.3 is 0 Å². The summed E-state index contributed by atoms with van der Waals surface area (Å²) in [5.74, 6) is 1.22. The molecular formula is C16H22N2OS. The van der Waals surface area contributed by atoms with Crippen molar-refractivity contribution in [3.05, 3.63) is 40.6 Å². The van der Waals surface area contributed by atoms with E-state index in [0.717, 1.165) is 11.4 Å². The first-order valence-corrected chi connectivity index (χ1v) is 7.82. The molecule has 0 saturated heterocycles. The van der Waals surface area contributed by atoms with Crippen molar-refractivity contribution >= 4 is 22.7 Å². The first-order valence-electron chi connectivity index (χ1n) is 6.94. The highest BCUT2D eigenvalue weighted by Crippen LogP contribution is 2.35. The maximum atomic E-state index is 6.19. The minimum absolute atomic E-state index is 0.258. The number of para-hydroxylation sites is 1. The minimum Gasteiger partial charge on any atom is -0.492 e. The maximum absolute atomic E-state index is 6.19. The van der Waals surface area contributed by atoms with Crippen molar-refractivity contribution in [2.75, 3.05) is 17.7 Å². The van der Waals surface area contributed by atoms with Crippen molar-refractivity contribution in [3.8, 4) is 5.75 Å². The number of hydrogen-bond acceptors (Lipinski definition) is 4. The lowest BCUT2D eigenvalue weighted by Gasteiger charge is -2.24. The highest BCUT2D eigenvalue weighted by Gasteiger charge is 2.18. The van der Waals surface area contributed by atoms with Crippen LogP contribution in [0.2, 0.25) is 0 Å². The summed E-state index contributed by atoms with van der Waals surface area (Å²) < 4.78 is 5.55. The van der Waals surface area contributed by atoms with Gasteiger partial charge in [0.2, 0.25) is 0 Å². The quantitative estimate of drug-likeness (QED) is 0.768. The summed E-state index contributed by atoms with van der Waals surface area (Å²) >= 11 is 1.76. The van der Waals surface area contributed by atoms with Crippen LogP contribution in [0.4, 0.5) is 11.4 Å². The summed E-state index contributed by atoms with van der Waals surface area (Å²) in [5.41, 5.74) is 7.80. The second kappa shape index (κ2) is 6.66. The Morgan fingerprint density at radius 2 is 2.05 bits per heavy atom. The highest BCUT2D eigenvalue weighted by molar-refractivity contribution is 7.10. The average molecular weight is 290 g/mol. The van der Waals surface area contributed by atoms with Crippen molar-refractivity contribution < 1.29 is 4.74 Å². The van der Waals surface area contributed by atoms with Crippen LogP contribution in [0.25, 0.3) is 0 Å². The zero-order valence-corrected chi connectivity index (χ0v) is 13.0. The Labute approximate surface area is 124 Å². The van der Waals surface area contributed by atoms with Gasteiger partial charge in [-0.1, -0.05) is 26.0 Å². The van der Waals surface area contributed by atoms with E-state index in [1.54, 1.807) is 11.3 Å². The summed E-state index contributed by atoms with van der Waals surface area (Å²) in [5, 5.41) is 5.66. The molecule has 0 bridgehead atoms. The fourth-order valence-electron chi connectivity index (χ4n) is 2.15. The number of ether oxygens (including phenoxy) is 1. The predicted molar refractivity (Wildman–Crippen MR) is 87.5 cm³/mol. The molecular weight excluding hydrogens is 268 g/mol. The van der Waals surface area contributed by atoms with Crippen LogP contribution in [0.15, 0.2) is 35.7 Å². The number of nitrogens with two attached hydrogens (primary N) is 1. The molecule has 0 saturated carbocycles. The molecule has 0 amide bonds. The summed E-state index contributed by atoms with van der Waals surface area (Å²) in [6, 6.07) is 10.4. The molecule has 0 aliphatic heterocycles. The molecule has 0 fully saturated rings. The van der Waals surface area contributed by atoms with Gasteiger partial charge in [0, 0.05) is 4.88 Å². The van der Waals surface area contributed by atoms with Crippen molar-refractivity contribution in [2.24, 2.45) is 5.92 Å². The zero-order chi connectivity index (χ0) is 14.5. The Balaban J connectivity index is 2.25. The van der Waals surface area contributed by atoms with Gasteiger partial charge in [-0.3, -0.25) is 0 Å². The fourth-order valence-corrected chi connectivity index (χ4v) is 3.10. The third kappa shape index (κ3) is 3.25. The van der Waals surface area contributed by atoms with E-state index in [0.29, 0.717) is 18.2 Å². The molecule has 2 aromatic rings. The lowest BCUT2D eigenvalue weighted by molar-refractivity contribution is 0.342. The monoisotopic (exact) mass is 290 g/mol. The van der Waals surface area contributed by atoms with Crippen LogP contribution in [0, 0.1) is 5.92 Å². The zero-order valence-electron chi connectivity index (χ0n) is 12.2. The molecule has 20 heavy (non-hydrogen) atoms.